The molecule has 0 saturated heterocycles. The van der Waals surface area contributed by atoms with Crippen molar-refractivity contribution in [3.8, 4) is 0 Å². The molecular formula is C15H28N4. The lowest BCUT2D eigenvalue weighted by Crippen LogP contribution is -2.36. The van der Waals surface area contributed by atoms with Crippen LogP contribution < -0.4 is 11.1 Å². The van der Waals surface area contributed by atoms with Crippen molar-refractivity contribution in [3.63, 3.8) is 0 Å². The molecule has 108 valence electrons. The van der Waals surface area contributed by atoms with E-state index in [2.05, 4.69) is 43.0 Å². The predicted molar refractivity (Wildman–Crippen MR) is 81.4 cm³/mol. The Balaban J connectivity index is 2.67. The molecule has 0 spiro atoms. The van der Waals surface area contributed by atoms with Crippen molar-refractivity contribution in [3.05, 3.63) is 17.5 Å². The number of anilines is 1. The van der Waals surface area contributed by atoms with Crippen LogP contribution >= 0.6 is 0 Å². The van der Waals surface area contributed by atoms with Crippen LogP contribution in [0.15, 0.2) is 6.07 Å². The van der Waals surface area contributed by atoms with Crippen LogP contribution in [0.2, 0.25) is 0 Å². The molecule has 4 heteroatoms. The smallest absolute Gasteiger partial charge is 0.223 e. The van der Waals surface area contributed by atoms with Gasteiger partial charge in [0, 0.05) is 24.0 Å². The fourth-order valence-corrected chi connectivity index (χ4v) is 2.24. The summed E-state index contributed by atoms with van der Waals surface area (Å²) in [5, 5.41) is 3.28. The zero-order valence-corrected chi connectivity index (χ0v) is 12.9. The molecule has 0 saturated carbocycles. The van der Waals surface area contributed by atoms with Gasteiger partial charge in [-0.25, -0.2) is 9.97 Å². The summed E-state index contributed by atoms with van der Waals surface area (Å²) >= 11 is 0. The maximum atomic E-state index is 6.20. The Morgan fingerprint density at radius 1 is 1.21 bits per heavy atom. The van der Waals surface area contributed by atoms with Gasteiger partial charge in [0.15, 0.2) is 0 Å². The van der Waals surface area contributed by atoms with E-state index in [1.165, 1.54) is 0 Å². The van der Waals surface area contributed by atoms with E-state index in [0.29, 0.717) is 17.8 Å². The van der Waals surface area contributed by atoms with E-state index in [-0.39, 0.29) is 6.04 Å². The van der Waals surface area contributed by atoms with Gasteiger partial charge in [-0.3, -0.25) is 0 Å². The minimum atomic E-state index is 0.154. The summed E-state index contributed by atoms with van der Waals surface area (Å²) in [6.07, 6.45) is 2.23. The van der Waals surface area contributed by atoms with E-state index in [9.17, 15) is 0 Å². The molecule has 0 bridgehead atoms. The summed E-state index contributed by atoms with van der Waals surface area (Å²) in [7, 11) is 0. The molecule has 1 rings (SSSR count). The number of nitrogens with two attached hydrogens (primary N) is 1. The van der Waals surface area contributed by atoms with Gasteiger partial charge in [0.2, 0.25) is 5.95 Å². The topological polar surface area (TPSA) is 63.8 Å². The van der Waals surface area contributed by atoms with Crippen LogP contribution in [0.1, 0.15) is 57.8 Å². The predicted octanol–water partition coefficient (Wildman–Crippen LogP) is 3.08. The van der Waals surface area contributed by atoms with Gasteiger partial charge in [-0.1, -0.05) is 40.5 Å². The number of rotatable bonds is 7. The minimum Gasteiger partial charge on any atom is -0.353 e. The molecule has 19 heavy (non-hydrogen) atoms. The van der Waals surface area contributed by atoms with Gasteiger partial charge in [-0.15, -0.1) is 0 Å². The molecule has 1 aromatic heterocycles. The molecule has 1 atom stereocenters. The third-order valence-corrected chi connectivity index (χ3v) is 3.62. The Kier molecular flexibility index (Phi) is 6.22. The second-order valence-electron chi connectivity index (χ2n) is 5.53. The molecular weight excluding hydrogens is 236 g/mol. The van der Waals surface area contributed by atoms with Gasteiger partial charge < -0.3 is 11.1 Å². The highest BCUT2D eigenvalue weighted by atomic mass is 15.1. The van der Waals surface area contributed by atoms with Gasteiger partial charge >= 0.3 is 0 Å². The molecule has 3 N–H and O–H groups in total. The number of hydrogen-bond donors (Lipinski definition) is 2. The normalized spacial score (nSPS) is 13.1. The first-order chi connectivity index (χ1) is 8.97. The van der Waals surface area contributed by atoms with Crippen molar-refractivity contribution in [1.29, 1.82) is 0 Å². The Bertz CT molecular complexity index is 386. The van der Waals surface area contributed by atoms with E-state index in [1.807, 2.05) is 13.0 Å². The Morgan fingerprint density at radius 3 is 2.37 bits per heavy atom. The minimum absolute atomic E-state index is 0.154. The van der Waals surface area contributed by atoms with E-state index in [0.717, 1.165) is 30.8 Å². The average Bonchev–Trinajstić information content (AvgIpc) is 2.37. The summed E-state index contributed by atoms with van der Waals surface area (Å²) in [5.74, 6) is 1.67. The Morgan fingerprint density at radius 2 is 1.84 bits per heavy atom. The summed E-state index contributed by atoms with van der Waals surface area (Å²) in [5.41, 5.74) is 8.28. The second kappa shape index (κ2) is 7.43. The van der Waals surface area contributed by atoms with Crippen LogP contribution in [0.5, 0.6) is 0 Å². The van der Waals surface area contributed by atoms with Crippen molar-refractivity contribution in [2.75, 3.05) is 11.9 Å². The number of aromatic nitrogens is 2. The first-order valence-corrected chi connectivity index (χ1v) is 7.32. The number of hydrogen-bond acceptors (Lipinski definition) is 4. The molecule has 4 nitrogen and oxygen atoms in total. The van der Waals surface area contributed by atoms with E-state index >= 15 is 0 Å². The van der Waals surface area contributed by atoms with Crippen molar-refractivity contribution < 1.29 is 0 Å². The van der Waals surface area contributed by atoms with Crippen molar-refractivity contribution in [1.82, 2.24) is 9.97 Å². The summed E-state index contributed by atoms with van der Waals surface area (Å²) in [6, 6.07) is 2.19. The van der Waals surface area contributed by atoms with Crippen LogP contribution in [0, 0.1) is 12.8 Å². The first-order valence-electron chi connectivity index (χ1n) is 7.32. The highest BCUT2D eigenvalue weighted by Gasteiger charge is 2.14. The zero-order valence-electron chi connectivity index (χ0n) is 12.9. The van der Waals surface area contributed by atoms with Crippen molar-refractivity contribution in [2.24, 2.45) is 11.7 Å². The Labute approximate surface area is 117 Å². The van der Waals surface area contributed by atoms with Crippen LogP contribution in [0.25, 0.3) is 0 Å². The molecule has 1 heterocycles. The fraction of sp³-hybridized carbons (Fsp3) is 0.733. The summed E-state index contributed by atoms with van der Waals surface area (Å²) < 4.78 is 0. The maximum absolute atomic E-state index is 6.20. The van der Waals surface area contributed by atoms with Gasteiger partial charge in [0.1, 0.15) is 0 Å². The zero-order chi connectivity index (χ0) is 14.4. The van der Waals surface area contributed by atoms with E-state index in [4.69, 9.17) is 5.73 Å². The SMILES string of the molecule is CCC(CC)C(N)CNc1nc(C)cc(C(C)C)n1. The van der Waals surface area contributed by atoms with E-state index in [1.54, 1.807) is 0 Å². The van der Waals surface area contributed by atoms with Crippen molar-refractivity contribution >= 4 is 5.95 Å². The summed E-state index contributed by atoms with van der Waals surface area (Å²) in [4.78, 5) is 8.96. The molecule has 0 aliphatic heterocycles. The largest absolute Gasteiger partial charge is 0.353 e. The fourth-order valence-electron chi connectivity index (χ4n) is 2.24. The van der Waals surface area contributed by atoms with Crippen molar-refractivity contribution in [2.45, 2.75) is 59.4 Å². The van der Waals surface area contributed by atoms with Crippen LogP contribution in [-0.2, 0) is 0 Å². The molecule has 0 aromatic carbocycles. The van der Waals surface area contributed by atoms with Gasteiger partial charge in [0.05, 0.1) is 0 Å². The number of nitrogens with one attached hydrogen (secondary N) is 1. The first kappa shape index (κ1) is 15.9. The van der Waals surface area contributed by atoms with Gasteiger partial charge in [-0.2, -0.15) is 0 Å². The van der Waals surface area contributed by atoms with Gasteiger partial charge in [-0.05, 0) is 24.8 Å². The second-order valence-corrected chi connectivity index (χ2v) is 5.53. The standard InChI is InChI=1S/C15H28N4/c1-6-12(7-2)13(16)9-17-15-18-11(5)8-14(19-15)10(3)4/h8,10,12-13H,6-7,9,16H2,1-5H3,(H,17,18,19). The quantitative estimate of drug-likeness (QED) is 0.794. The van der Waals surface area contributed by atoms with Crippen LogP contribution in [-0.4, -0.2) is 22.6 Å². The Hall–Kier alpha value is -1.16. The monoisotopic (exact) mass is 264 g/mol. The van der Waals surface area contributed by atoms with E-state index < -0.39 is 0 Å². The van der Waals surface area contributed by atoms with Crippen LogP contribution in [0.3, 0.4) is 0 Å². The lowest BCUT2D eigenvalue weighted by Gasteiger charge is -2.21. The molecule has 0 fully saturated rings. The molecule has 1 unspecified atom stereocenters. The molecule has 0 aliphatic carbocycles. The third kappa shape index (κ3) is 4.78. The average molecular weight is 264 g/mol. The summed E-state index contributed by atoms with van der Waals surface area (Å²) in [6.45, 7) is 11.4. The number of nitrogens with zero attached hydrogens (tertiary/aromatic N) is 2. The highest BCUT2D eigenvalue weighted by molar-refractivity contribution is 5.29. The third-order valence-electron chi connectivity index (χ3n) is 3.62. The van der Waals surface area contributed by atoms with Gasteiger partial charge in [0.25, 0.3) is 0 Å². The molecule has 0 radical (unpaired) electrons. The number of aryl methyl sites for hydroxylation is 1. The lowest BCUT2D eigenvalue weighted by molar-refractivity contribution is 0.407. The van der Waals surface area contributed by atoms with Crippen LogP contribution in [0.4, 0.5) is 5.95 Å². The molecule has 0 amide bonds. The highest BCUT2D eigenvalue weighted by Crippen LogP contribution is 2.15. The lowest BCUT2D eigenvalue weighted by atomic mass is 9.95. The molecule has 0 aliphatic rings. The molecule has 1 aromatic rings. The maximum Gasteiger partial charge on any atom is 0.223 e.